The number of thioether (sulfide) groups is 1. The van der Waals surface area contributed by atoms with Gasteiger partial charge in [-0.25, -0.2) is 9.97 Å². The van der Waals surface area contributed by atoms with E-state index in [0.29, 0.717) is 30.3 Å². The Morgan fingerprint density at radius 1 is 1.06 bits per heavy atom. The van der Waals surface area contributed by atoms with Gasteiger partial charge in [0.2, 0.25) is 5.91 Å². The summed E-state index contributed by atoms with van der Waals surface area (Å²) < 4.78 is 0. The largest absolute Gasteiger partial charge is 0.353 e. The molecule has 0 radical (unpaired) electrons. The SMILES string of the molecule is Cc1cc(N2CCN(C(=O)C3CSCN3C(=O)c3ccccc3)CC2)nc(C(C)C)n1. The van der Waals surface area contributed by atoms with E-state index in [4.69, 9.17) is 4.98 Å². The Labute approximate surface area is 187 Å². The van der Waals surface area contributed by atoms with Crippen molar-refractivity contribution in [2.75, 3.05) is 42.7 Å². The summed E-state index contributed by atoms with van der Waals surface area (Å²) in [6.07, 6.45) is 0. The van der Waals surface area contributed by atoms with Crippen LogP contribution in [0.15, 0.2) is 36.4 Å². The number of nitrogens with zero attached hydrogens (tertiary/aromatic N) is 5. The first-order valence-corrected chi connectivity index (χ1v) is 11.9. The molecule has 1 aromatic carbocycles. The average Bonchev–Trinajstić information content (AvgIpc) is 3.28. The molecular weight excluding hydrogens is 410 g/mol. The first-order valence-electron chi connectivity index (χ1n) is 10.8. The fraction of sp³-hybridized carbons (Fsp3) is 0.478. The lowest BCUT2D eigenvalue weighted by Crippen LogP contribution is -2.55. The van der Waals surface area contributed by atoms with Crippen molar-refractivity contribution in [1.82, 2.24) is 19.8 Å². The third kappa shape index (κ3) is 4.69. The Kier molecular flexibility index (Phi) is 6.46. The number of piperazine rings is 1. The summed E-state index contributed by atoms with van der Waals surface area (Å²) in [6, 6.07) is 10.8. The van der Waals surface area contributed by atoms with Crippen LogP contribution in [0.3, 0.4) is 0 Å². The van der Waals surface area contributed by atoms with Crippen molar-refractivity contribution < 1.29 is 9.59 Å². The first-order chi connectivity index (χ1) is 14.9. The van der Waals surface area contributed by atoms with E-state index < -0.39 is 6.04 Å². The van der Waals surface area contributed by atoms with Gasteiger partial charge in [0.05, 0.1) is 5.88 Å². The van der Waals surface area contributed by atoms with Crippen LogP contribution in [0.5, 0.6) is 0 Å². The molecule has 31 heavy (non-hydrogen) atoms. The number of anilines is 1. The second-order valence-corrected chi connectivity index (χ2v) is 9.35. The minimum atomic E-state index is -0.391. The number of carbonyl (C=O) groups excluding carboxylic acids is 2. The Morgan fingerprint density at radius 3 is 2.45 bits per heavy atom. The average molecular weight is 440 g/mol. The van der Waals surface area contributed by atoms with Crippen LogP contribution in [0.1, 0.15) is 41.6 Å². The first kappa shape index (κ1) is 21.6. The zero-order valence-corrected chi connectivity index (χ0v) is 19.1. The van der Waals surface area contributed by atoms with Gasteiger partial charge in [0, 0.05) is 55.2 Å². The molecule has 0 bridgehead atoms. The highest BCUT2D eigenvalue weighted by atomic mass is 32.2. The standard InChI is InChI=1S/C23H29N5O2S/c1-16(2)21-24-17(3)13-20(25-21)26-9-11-27(12-10-26)23(30)19-14-31-15-28(19)22(29)18-7-5-4-6-8-18/h4-8,13,16,19H,9-12,14-15H2,1-3H3. The molecule has 4 rings (SSSR count). The van der Waals surface area contributed by atoms with Gasteiger partial charge in [-0.05, 0) is 19.1 Å². The van der Waals surface area contributed by atoms with Gasteiger partial charge in [-0.3, -0.25) is 9.59 Å². The number of amides is 2. The lowest BCUT2D eigenvalue weighted by atomic mass is 10.1. The molecule has 2 saturated heterocycles. The second-order valence-electron chi connectivity index (χ2n) is 8.35. The quantitative estimate of drug-likeness (QED) is 0.730. The summed E-state index contributed by atoms with van der Waals surface area (Å²) in [6.45, 7) is 8.90. The normalized spacial score (nSPS) is 19.2. The summed E-state index contributed by atoms with van der Waals surface area (Å²) >= 11 is 1.64. The van der Waals surface area contributed by atoms with E-state index in [0.717, 1.165) is 30.4 Å². The third-order valence-electron chi connectivity index (χ3n) is 5.74. The molecule has 1 aromatic heterocycles. The van der Waals surface area contributed by atoms with Gasteiger partial charge in [0.15, 0.2) is 0 Å². The Balaban J connectivity index is 1.41. The Bertz CT molecular complexity index is 944. The summed E-state index contributed by atoms with van der Waals surface area (Å²) in [4.78, 5) is 41.3. The maximum atomic E-state index is 13.3. The zero-order valence-electron chi connectivity index (χ0n) is 18.3. The molecule has 0 N–H and O–H groups in total. The van der Waals surface area contributed by atoms with Crippen LogP contribution in [0.2, 0.25) is 0 Å². The van der Waals surface area contributed by atoms with Crippen molar-refractivity contribution in [3.63, 3.8) is 0 Å². The van der Waals surface area contributed by atoms with E-state index in [1.54, 1.807) is 28.8 Å². The van der Waals surface area contributed by atoms with Crippen LogP contribution in [0.4, 0.5) is 5.82 Å². The highest BCUT2D eigenvalue weighted by molar-refractivity contribution is 7.99. The molecule has 2 aromatic rings. The summed E-state index contributed by atoms with van der Waals surface area (Å²) in [7, 11) is 0. The number of aromatic nitrogens is 2. The minimum absolute atomic E-state index is 0.0515. The molecule has 164 valence electrons. The Hall–Kier alpha value is -2.61. The van der Waals surface area contributed by atoms with E-state index in [1.807, 2.05) is 36.1 Å². The molecule has 0 aliphatic carbocycles. The van der Waals surface area contributed by atoms with Crippen LogP contribution in [0.25, 0.3) is 0 Å². The van der Waals surface area contributed by atoms with Gasteiger partial charge in [-0.2, -0.15) is 0 Å². The van der Waals surface area contributed by atoms with Gasteiger partial charge in [0.1, 0.15) is 17.7 Å². The van der Waals surface area contributed by atoms with E-state index in [9.17, 15) is 9.59 Å². The molecule has 0 spiro atoms. The van der Waals surface area contributed by atoms with E-state index >= 15 is 0 Å². The highest BCUT2D eigenvalue weighted by Gasteiger charge is 2.38. The van der Waals surface area contributed by atoms with E-state index in [1.165, 1.54) is 0 Å². The smallest absolute Gasteiger partial charge is 0.255 e. The van der Waals surface area contributed by atoms with Crippen LogP contribution in [-0.2, 0) is 4.79 Å². The van der Waals surface area contributed by atoms with Crippen LogP contribution >= 0.6 is 11.8 Å². The monoisotopic (exact) mass is 439 g/mol. The van der Waals surface area contributed by atoms with Crippen molar-refractivity contribution >= 4 is 29.4 Å². The second kappa shape index (κ2) is 9.26. The van der Waals surface area contributed by atoms with Crippen molar-refractivity contribution in [1.29, 1.82) is 0 Å². The lowest BCUT2D eigenvalue weighted by Gasteiger charge is -2.37. The van der Waals surface area contributed by atoms with Gasteiger partial charge >= 0.3 is 0 Å². The fourth-order valence-electron chi connectivity index (χ4n) is 3.96. The predicted molar refractivity (Wildman–Crippen MR) is 123 cm³/mol. The number of benzene rings is 1. The van der Waals surface area contributed by atoms with Crippen LogP contribution in [0, 0.1) is 6.92 Å². The van der Waals surface area contributed by atoms with Gasteiger partial charge in [-0.1, -0.05) is 32.0 Å². The van der Waals surface area contributed by atoms with E-state index in [2.05, 4.69) is 23.7 Å². The van der Waals surface area contributed by atoms with Crippen LogP contribution in [-0.4, -0.2) is 75.4 Å². The van der Waals surface area contributed by atoms with Gasteiger partial charge in [-0.15, -0.1) is 11.8 Å². The van der Waals surface area contributed by atoms with Crippen molar-refractivity contribution in [2.45, 2.75) is 32.7 Å². The molecule has 2 aliphatic rings. The molecular formula is C23H29N5O2S. The van der Waals surface area contributed by atoms with Gasteiger partial charge in [0.25, 0.3) is 5.91 Å². The maximum Gasteiger partial charge on any atom is 0.255 e. The summed E-state index contributed by atoms with van der Waals surface area (Å²) in [5.41, 5.74) is 1.60. The topological polar surface area (TPSA) is 69.6 Å². The Morgan fingerprint density at radius 2 is 1.77 bits per heavy atom. The highest BCUT2D eigenvalue weighted by Crippen LogP contribution is 2.26. The molecule has 8 heteroatoms. The molecule has 7 nitrogen and oxygen atoms in total. The van der Waals surface area contributed by atoms with Crippen LogP contribution < -0.4 is 4.90 Å². The number of hydrogen-bond acceptors (Lipinski definition) is 6. The van der Waals surface area contributed by atoms with Gasteiger partial charge < -0.3 is 14.7 Å². The van der Waals surface area contributed by atoms with E-state index in [-0.39, 0.29) is 17.7 Å². The third-order valence-corrected chi connectivity index (χ3v) is 6.75. The number of rotatable bonds is 4. The lowest BCUT2D eigenvalue weighted by molar-refractivity contribution is -0.135. The minimum Gasteiger partial charge on any atom is -0.353 e. The van der Waals surface area contributed by atoms with Crippen molar-refractivity contribution in [2.24, 2.45) is 0 Å². The van der Waals surface area contributed by atoms with Crippen molar-refractivity contribution in [3.8, 4) is 0 Å². The maximum absolute atomic E-state index is 13.3. The number of carbonyl (C=O) groups is 2. The molecule has 3 heterocycles. The predicted octanol–water partition coefficient (Wildman–Crippen LogP) is 2.77. The molecule has 1 unspecified atom stereocenters. The zero-order chi connectivity index (χ0) is 22.0. The summed E-state index contributed by atoms with van der Waals surface area (Å²) in [5, 5.41) is 0. The molecule has 2 fully saturated rings. The summed E-state index contributed by atoms with van der Waals surface area (Å²) in [5.74, 6) is 3.25. The molecule has 1 atom stereocenters. The number of aryl methyl sites for hydroxylation is 1. The molecule has 0 saturated carbocycles. The molecule has 2 aliphatic heterocycles. The van der Waals surface area contributed by atoms with Crippen molar-refractivity contribution in [3.05, 3.63) is 53.5 Å². The fourth-order valence-corrected chi connectivity index (χ4v) is 5.10. The molecule has 2 amide bonds. The number of hydrogen-bond donors (Lipinski definition) is 0.